The molecule has 0 spiro atoms. The SMILES string of the molecule is CCOC(=O)Oc1ccc(CC(N)(C[C@H](C)OC(=O)C(C)CC)C(=O)O)cc1OC(=O)OCC. The molecule has 3 atom stereocenters. The summed E-state index contributed by atoms with van der Waals surface area (Å²) in [7, 11) is 0. The fourth-order valence-electron chi connectivity index (χ4n) is 2.94. The van der Waals surface area contributed by atoms with Crippen LogP contribution >= 0.6 is 0 Å². The van der Waals surface area contributed by atoms with E-state index in [-0.39, 0.29) is 43.5 Å². The molecule has 1 aromatic rings. The molecule has 2 unspecified atom stereocenters. The van der Waals surface area contributed by atoms with Crippen LogP contribution in [-0.2, 0) is 30.2 Å². The van der Waals surface area contributed by atoms with Gasteiger partial charge >= 0.3 is 24.2 Å². The van der Waals surface area contributed by atoms with Gasteiger partial charge in [-0.3, -0.25) is 9.59 Å². The van der Waals surface area contributed by atoms with Crippen LogP contribution < -0.4 is 15.2 Å². The zero-order chi connectivity index (χ0) is 25.9. The lowest BCUT2D eigenvalue weighted by atomic mass is 9.86. The molecule has 0 heterocycles. The largest absolute Gasteiger partial charge is 0.513 e. The lowest BCUT2D eigenvalue weighted by Gasteiger charge is -2.28. The van der Waals surface area contributed by atoms with E-state index in [9.17, 15) is 24.3 Å². The molecule has 11 heteroatoms. The second-order valence-electron chi connectivity index (χ2n) is 7.75. The summed E-state index contributed by atoms with van der Waals surface area (Å²) in [5, 5.41) is 9.79. The summed E-state index contributed by atoms with van der Waals surface area (Å²) in [4.78, 5) is 47.6. The van der Waals surface area contributed by atoms with E-state index in [2.05, 4.69) is 0 Å². The predicted octanol–water partition coefficient (Wildman–Crippen LogP) is 3.45. The maximum atomic E-state index is 12.0. The Morgan fingerprint density at radius 1 is 0.971 bits per heavy atom. The van der Waals surface area contributed by atoms with Crippen LogP contribution in [0.2, 0.25) is 0 Å². The Morgan fingerprint density at radius 3 is 2.03 bits per heavy atom. The normalized spacial score (nSPS) is 14.2. The van der Waals surface area contributed by atoms with Crippen molar-refractivity contribution in [1.82, 2.24) is 0 Å². The monoisotopic (exact) mass is 483 g/mol. The molecule has 34 heavy (non-hydrogen) atoms. The summed E-state index contributed by atoms with van der Waals surface area (Å²) in [5.74, 6) is -2.39. The highest BCUT2D eigenvalue weighted by atomic mass is 16.7. The fourth-order valence-corrected chi connectivity index (χ4v) is 2.94. The Balaban J connectivity index is 3.15. The molecule has 190 valence electrons. The Hall–Kier alpha value is -3.34. The molecule has 0 aliphatic rings. The van der Waals surface area contributed by atoms with Gasteiger partial charge in [0.15, 0.2) is 11.5 Å². The van der Waals surface area contributed by atoms with E-state index < -0.39 is 35.9 Å². The average Bonchev–Trinajstić information content (AvgIpc) is 2.74. The molecule has 0 saturated heterocycles. The van der Waals surface area contributed by atoms with Crippen molar-refractivity contribution in [2.75, 3.05) is 13.2 Å². The van der Waals surface area contributed by atoms with Crippen LogP contribution in [0.4, 0.5) is 9.59 Å². The predicted molar refractivity (Wildman–Crippen MR) is 120 cm³/mol. The number of aliphatic carboxylic acids is 1. The van der Waals surface area contributed by atoms with Crippen molar-refractivity contribution in [1.29, 1.82) is 0 Å². The molecule has 1 aromatic carbocycles. The molecule has 11 nitrogen and oxygen atoms in total. The third kappa shape index (κ3) is 8.89. The first-order valence-electron chi connectivity index (χ1n) is 11.0. The summed E-state index contributed by atoms with van der Waals surface area (Å²) in [5.41, 5.74) is 4.74. The van der Waals surface area contributed by atoms with E-state index in [1.165, 1.54) is 18.2 Å². The fraction of sp³-hybridized carbons (Fsp3) is 0.565. The van der Waals surface area contributed by atoms with Crippen LogP contribution in [0.3, 0.4) is 0 Å². The Bertz CT molecular complexity index is 871. The maximum absolute atomic E-state index is 12.0. The number of rotatable bonds is 12. The first-order valence-corrected chi connectivity index (χ1v) is 11.0. The van der Waals surface area contributed by atoms with Crippen molar-refractivity contribution >= 4 is 24.2 Å². The minimum atomic E-state index is -1.81. The minimum Gasteiger partial charge on any atom is -0.480 e. The molecule has 0 saturated carbocycles. The topological polar surface area (TPSA) is 161 Å². The number of carbonyl (C=O) groups excluding carboxylic acids is 3. The van der Waals surface area contributed by atoms with Crippen molar-refractivity contribution in [3.63, 3.8) is 0 Å². The van der Waals surface area contributed by atoms with Crippen molar-refractivity contribution in [2.24, 2.45) is 11.7 Å². The lowest BCUT2D eigenvalue weighted by Crippen LogP contribution is -2.52. The molecular weight excluding hydrogens is 450 g/mol. The minimum absolute atomic E-state index is 0.0464. The summed E-state index contributed by atoms with van der Waals surface area (Å²) in [6, 6.07) is 4.09. The number of benzene rings is 1. The van der Waals surface area contributed by atoms with E-state index in [1.807, 2.05) is 6.92 Å². The first kappa shape index (κ1) is 28.7. The van der Waals surface area contributed by atoms with E-state index in [1.54, 1.807) is 27.7 Å². The number of carboxylic acids is 1. The molecule has 0 aromatic heterocycles. The molecule has 0 bridgehead atoms. The number of nitrogens with two attached hydrogens (primary N) is 1. The van der Waals surface area contributed by atoms with Gasteiger partial charge in [0.25, 0.3) is 0 Å². The van der Waals surface area contributed by atoms with Gasteiger partial charge in [0.1, 0.15) is 11.6 Å². The summed E-state index contributed by atoms with van der Waals surface area (Å²) in [6.07, 6.45) is -2.60. The Labute approximate surface area is 198 Å². The maximum Gasteiger partial charge on any atom is 0.513 e. The van der Waals surface area contributed by atoms with Gasteiger partial charge in [-0.05, 0) is 44.9 Å². The standard InChI is InChI=1S/C23H33NO10/c1-6-14(4)19(25)32-15(5)12-23(24,20(26)27)13-16-9-10-17(33-21(28)30-7-2)18(11-16)34-22(29)31-8-3/h9-11,14-15H,6-8,12-13,24H2,1-5H3,(H,26,27)/t14?,15-,23?/m0/s1. The van der Waals surface area contributed by atoms with Crippen molar-refractivity contribution in [3.05, 3.63) is 23.8 Å². The highest BCUT2D eigenvalue weighted by Gasteiger charge is 2.37. The summed E-state index contributed by atoms with van der Waals surface area (Å²) >= 11 is 0. The number of carboxylic acid groups (broad SMARTS) is 1. The first-order chi connectivity index (χ1) is 15.9. The number of carbonyl (C=O) groups is 4. The Morgan fingerprint density at radius 2 is 1.53 bits per heavy atom. The van der Waals surface area contributed by atoms with Crippen molar-refractivity contribution in [2.45, 2.75) is 65.5 Å². The van der Waals surface area contributed by atoms with E-state index in [0.29, 0.717) is 12.0 Å². The van der Waals surface area contributed by atoms with Crippen LogP contribution in [-0.4, -0.2) is 54.2 Å². The van der Waals surface area contributed by atoms with E-state index in [0.717, 1.165) is 0 Å². The molecule has 0 amide bonds. The molecule has 0 fully saturated rings. The van der Waals surface area contributed by atoms with Crippen molar-refractivity contribution in [3.8, 4) is 11.5 Å². The zero-order valence-corrected chi connectivity index (χ0v) is 20.1. The lowest BCUT2D eigenvalue weighted by molar-refractivity contribution is -0.156. The molecule has 0 aliphatic carbocycles. The van der Waals surface area contributed by atoms with Crippen LogP contribution in [0.5, 0.6) is 11.5 Å². The van der Waals surface area contributed by atoms with Gasteiger partial charge in [0, 0.05) is 12.8 Å². The van der Waals surface area contributed by atoms with Crippen molar-refractivity contribution < 1.29 is 48.0 Å². The second-order valence-corrected chi connectivity index (χ2v) is 7.75. The molecule has 1 rings (SSSR count). The van der Waals surface area contributed by atoms with Gasteiger partial charge in [-0.2, -0.15) is 0 Å². The second kappa shape index (κ2) is 13.4. The number of hydrogen-bond acceptors (Lipinski definition) is 10. The highest BCUT2D eigenvalue weighted by molar-refractivity contribution is 5.79. The van der Waals surface area contributed by atoms with Gasteiger partial charge in [-0.1, -0.05) is 19.9 Å². The summed E-state index contributed by atoms with van der Waals surface area (Å²) < 4.78 is 25.0. The summed E-state index contributed by atoms with van der Waals surface area (Å²) in [6.45, 7) is 8.41. The van der Waals surface area contributed by atoms with Gasteiger partial charge in [0.05, 0.1) is 19.1 Å². The van der Waals surface area contributed by atoms with Crippen LogP contribution in [0, 0.1) is 5.92 Å². The third-order valence-corrected chi connectivity index (χ3v) is 4.85. The zero-order valence-electron chi connectivity index (χ0n) is 20.1. The number of esters is 1. The van der Waals surface area contributed by atoms with Crippen LogP contribution in [0.25, 0.3) is 0 Å². The molecule has 3 N–H and O–H groups in total. The van der Waals surface area contributed by atoms with Gasteiger partial charge in [-0.15, -0.1) is 0 Å². The molecular formula is C23H33NO10. The third-order valence-electron chi connectivity index (χ3n) is 4.85. The van der Waals surface area contributed by atoms with Crippen LogP contribution in [0.15, 0.2) is 18.2 Å². The highest BCUT2D eigenvalue weighted by Crippen LogP contribution is 2.31. The molecule has 0 radical (unpaired) electrons. The van der Waals surface area contributed by atoms with Gasteiger partial charge in [-0.25, -0.2) is 9.59 Å². The van der Waals surface area contributed by atoms with Crippen LogP contribution in [0.1, 0.15) is 53.0 Å². The van der Waals surface area contributed by atoms with E-state index in [4.69, 9.17) is 29.4 Å². The quantitative estimate of drug-likeness (QED) is 0.254. The Kier molecular flexibility index (Phi) is 11.3. The number of hydrogen-bond donors (Lipinski definition) is 2. The molecule has 0 aliphatic heterocycles. The average molecular weight is 484 g/mol. The number of ether oxygens (including phenoxy) is 5. The van der Waals surface area contributed by atoms with Gasteiger partial charge < -0.3 is 34.5 Å². The van der Waals surface area contributed by atoms with Gasteiger partial charge in [0.2, 0.25) is 0 Å². The van der Waals surface area contributed by atoms with E-state index >= 15 is 0 Å². The smallest absolute Gasteiger partial charge is 0.480 e.